The molecule has 2 N–H and O–H groups in total. The second kappa shape index (κ2) is 6.54. The third kappa shape index (κ3) is 4.56. The van der Waals surface area contributed by atoms with Crippen molar-refractivity contribution in [1.82, 2.24) is 4.90 Å². The predicted molar refractivity (Wildman–Crippen MR) is 96.1 cm³/mol. The number of benzene rings is 1. The maximum absolute atomic E-state index is 12.5. The van der Waals surface area contributed by atoms with Gasteiger partial charge in [-0.25, -0.2) is 4.79 Å². The molecule has 1 amide bonds. The SMILES string of the molecule is CC1CC(C)(Oc2ccc(N)cc2)CC(C)N1C(=O)OC(C)(C)C. The monoisotopic (exact) mass is 334 g/mol. The molecule has 0 saturated carbocycles. The van der Waals surface area contributed by atoms with Crippen LogP contribution in [0.1, 0.15) is 54.4 Å². The summed E-state index contributed by atoms with van der Waals surface area (Å²) in [5.41, 5.74) is 5.63. The van der Waals surface area contributed by atoms with Gasteiger partial charge in [0.1, 0.15) is 17.0 Å². The minimum atomic E-state index is -0.488. The molecule has 0 aliphatic carbocycles. The first-order valence-corrected chi connectivity index (χ1v) is 8.55. The minimum Gasteiger partial charge on any atom is -0.487 e. The van der Waals surface area contributed by atoms with Gasteiger partial charge in [0.05, 0.1) is 0 Å². The van der Waals surface area contributed by atoms with E-state index in [1.54, 1.807) is 0 Å². The predicted octanol–water partition coefficient (Wildman–Crippen LogP) is 4.21. The topological polar surface area (TPSA) is 64.8 Å². The van der Waals surface area contributed by atoms with Gasteiger partial charge in [0.15, 0.2) is 0 Å². The second-order valence-corrected chi connectivity index (χ2v) is 8.11. The van der Waals surface area contributed by atoms with Gasteiger partial charge < -0.3 is 20.1 Å². The lowest BCUT2D eigenvalue weighted by Gasteiger charge is -2.47. The fourth-order valence-corrected chi connectivity index (χ4v) is 3.54. The number of nitrogens with zero attached hydrogens (tertiary/aromatic N) is 1. The average molecular weight is 334 g/mol. The molecule has 1 aliphatic rings. The van der Waals surface area contributed by atoms with E-state index in [-0.39, 0.29) is 23.8 Å². The van der Waals surface area contributed by atoms with E-state index in [4.69, 9.17) is 15.2 Å². The highest BCUT2D eigenvalue weighted by Gasteiger charge is 2.43. The van der Waals surface area contributed by atoms with Gasteiger partial charge in [-0.05, 0) is 65.8 Å². The number of carbonyl (C=O) groups is 1. The highest BCUT2D eigenvalue weighted by Crippen LogP contribution is 2.35. The first kappa shape index (κ1) is 18.4. The molecule has 1 heterocycles. The molecule has 1 saturated heterocycles. The summed E-state index contributed by atoms with van der Waals surface area (Å²) in [5, 5.41) is 0. The van der Waals surface area contributed by atoms with Crippen molar-refractivity contribution in [2.24, 2.45) is 0 Å². The molecular weight excluding hydrogens is 304 g/mol. The highest BCUT2D eigenvalue weighted by molar-refractivity contribution is 5.69. The van der Waals surface area contributed by atoms with E-state index >= 15 is 0 Å². The first-order chi connectivity index (χ1) is 11.0. The standard InChI is InChI=1S/C19H30N2O3/c1-13-11-19(6,23-16-9-7-15(20)8-10-16)12-14(2)21(13)17(22)24-18(3,4)5/h7-10,13-14H,11-12,20H2,1-6H3. The molecule has 1 aromatic carbocycles. The van der Waals surface area contributed by atoms with Crippen LogP contribution in [0.4, 0.5) is 10.5 Å². The smallest absolute Gasteiger partial charge is 0.410 e. The van der Waals surface area contributed by atoms with Crippen LogP contribution in [0.2, 0.25) is 0 Å². The summed E-state index contributed by atoms with van der Waals surface area (Å²) >= 11 is 0. The summed E-state index contributed by atoms with van der Waals surface area (Å²) in [6.07, 6.45) is 1.25. The van der Waals surface area contributed by atoms with Crippen LogP contribution in [0.25, 0.3) is 0 Å². The quantitative estimate of drug-likeness (QED) is 0.823. The third-order valence-electron chi connectivity index (χ3n) is 4.25. The van der Waals surface area contributed by atoms with E-state index in [9.17, 15) is 4.79 Å². The molecule has 2 atom stereocenters. The fraction of sp³-hybridized carbons (Fsp3) is 0.632. The molecule has 5 heteroatoms. The summed E-state index contributed by atoms with van der Waals surface area (Å²) in [5.74, 6) is 0.803. The Bertz CT molecular complexity index is 565. The Morgan fingerprint density at radius 2 is 1.67 bits per heavy atom. The largest absolute Gasteiger partial charge is 0.487 e. The van der Waals surface area contributed by atoms with Crippen molar-refractivity contribution in [3.8, 4) is 5.75 Å². The number of piperidine rings is 1. The van der Waals surface area contributed by atoms with Crippen LogP contribution in [0.3, 0.4) is 0 Å². The van der Waals surface area contributed by atoms with Crippen molar-refractivity contribution in [2.75, 3.05) is 5.73 Å². The van der Waals surface area contributed by atoms with Gasteiger partial charge in [0.2, 0.25) is 0 Å². The van der Waals surface area contributed by atoms with E-state index in [1.807, 2.05) is 63.8 Å². The molecule has 1 fully saturated rings. The summed E-state index contributed by atoms with van der Waals surface area (Å²) in [7, 11) is 0. The lowest BCUT2D eigenvalue weighted by molar-refractivity contribution is -0.0490. The normalized spacial score (nSPS) is 27.7. The minimum absolute atomic E-state index is 0.0439. The van der Waals surface area contributed by atoms with Crippen molar-refractivity contribution in [3.05, 3.63) is 24.3 Å². The Labute approximate surface area is 145 Å². The molecule has 0 aromatic heterocycles. The number of hydrogen-bond acceptors (Lipinski definition) is 4. The highest BCUT2D eigenvalue weighted by atomic mass is 16.6. The molecular formula is C19H30N2O3. The molecule has 0 radical (unpaired) electrons. The molecule has 2 unspecified atom stereocenters. The Kier molecular flexibility index (Phi) is 5.02. The molecule has 134 valence electrons. The lowest BCUT2D eigenvalue weighted by Crippen LogP contribution is -2.57. The van der Waals surface area contributed by atoms with Gasteiger partial charge in [-0.1, -0.05) is 0 Å². The zero-order valence-electron chi connectivity index (χ0n) is 15.6. The third-order valence-corrected chi connectivity index (χ3v) is 4.25. The number of nitrogens with two attached hydrogens (primary N) is 1. The van der Waals surface area contributed by atoms with Gasteiger partial charge in [-0.15, -0.1) is 0 Å². The number of hydrogen-bond donors (Lipinski definition) is 1. The van der Waals surface area contributed by atoms with Crippen molar-refractivity contribution in [1.29, 1.82) is 0 Å². The van der Waals surface area contributed by atoms with Crippen LogP contribution in [0.5, 0.6) is 5.75 Å². The number of rotatable bonds is 2. The Balaban J connectivity index is 2.08. The molecule has 1 aromatic rings. The van der Waals surface area contributed by atoms with E-state index in [1.165, 1.54) is 0 Å². The van der Waals surface area contributed by atoms with Crippen LogP contribution in [-0.4, -0.2) is 34.3 Å². The second-order valence-electron chi connectivity index (χ2n) is 8.11. The average Bonchev–Trinajstić information content (AvgIpc) is 2.37. The van der Waals surface area contributed by atoms with Crippen molar-refractivity contribution >= 4 is 11.8 Å². The first-order valence-electron chi connectivity index (χ1n) is 8.55. The number of nitrogen functional groups attached to an aromatic ring is 1. The number of amides is 1. The zero-order chi connectivity index (χ0) is 18.1. The van der Waals surface area contributed by atoms with Crippen LogP contribution < -0.4 is 10.5 Å². The summed E-state index contributed by atoms with van der Waals surface area (Å²) in [4.78, 5) is 14.3. The van der Waals surface area contributed by atoms with Crippen LogP contribution in [-0.2, 0) is 4.74 Å². The van der Waals surface area contributed by atoms with Crippen LogP contribution >= 0.6 is 0 Å². The summed E-state index contributed by atoms with van der Waals surface area (Å²) in [6.45, 7) is 11.9. The van der Waals surface area contributed by atoms with Gasteiger partial charge in [-0.2, -0.15) is 0 Å². The Morgan fingerprint density at radius 1 is 1.17 bits per heavy atom. The zero-order valence-corrected chi connectivity index (χ0v) is 15.6. The number of anilines is 1. The van der Waals surface area contributed by atoms with Crippen LogP contribution in [0, 0.1) is 0 Å². The number of carbonyl (C=O) groups excluding carboxylic acids is 1. The van der Waals surface area contributed by atoms with Crippen molar-refractivity contribution in [2.45, 2.75) is 77.7 Å². The maximum Gasteiger partial charge on any atom is 0.410 e. The Hall–Kier alpha value is -1.91. The van der Waals surface area contributed by atoms with E-state index < -0.39 is 5.60 Å². The Morgan fingerprint density at radius 3 is 2.12 bits per heavy atom. The maximum atomic E-state index is 12.5. The molecule has 0 bridgehead atoms. The molecule has 5 nitrogen and oxygen atoms in total. The van der Waals surface area contributed by atoms with E-state index in [0.717, 1.165) is 18.6 Å². The van der Waals surface area contributed by atoms with Gasteiger partial charge >= 0.3 is 6.09 Å². The molecule has 2 rings (SSSR count). The summed E-state index contributed by atoms with van der Waals surface area (Å²) < 4.78 is 11.8. The molecule has 0 spiro atoms. The van der Waals surface area contributed by atoms with E-state index in [0.29, 0.717) is 5.69 Å². The molecule has 1 aliphatic heterocycles. The number of ether oxygens (including phenoxy) is 2. The number of likely N-dealkylation sites (tertiary alicyclic amines) is 1. The van der Waals surface area contributed by atoms with Gasteiger partial charge in [-0.3, -0.25) is 0 Å². The van der Waals surface area contributed by atoms with Crippen molar-refractivity contribution < 1.29 is 14.3 Å². The van der Waals surface area contributed by atoms with Gasteiger partial charge in [0, 0.05) is 30.6 Å². The lowest BCUT2D eigenvalue weighted by atomic mass is 9.84. The van der Waals surface area contributed by atoms with Crippen LogP contribution in [0.15, 0.2) is 24.3 Å². The molecule has 24 heavy (non-hydrogen) atoms. The van der Waals surface area contributed by atoms with E-state index in [2.05, 4.69) is 6.92 Å². The summed E-state index contributed by atoms with van der Waals surface area (Å²) in [6, 6.07) is 7.53. The van der Waals surface area contributed by atoms with Crippen molar-refractivity contribution in [3.63, 3.8) is 0 Å². The van der Waals surface area contributed by atoms with Gasteiger partial charge in [0.25, 0.3) is 0 Å². The fourth-order valence-electron chi connectivity index (χ4n) is 3.54.